The Morgan fingerprint density at radius 2 is 1.65 bits per heavy atom. The van der Waals surface area contributed by atoms with E-state index in [1.807, 2.05) is 12.1 Å². The highest BCUT2D eigenvalue weighted by atomic mass is 35.5. The SMILES string of the molecule is CCSc1ccc(CC(=O)Cc2cc(Cl)c(-c3ccc(S(C)(=O)=O)cc3)c(Cl)c2)nc1. The molecule has 0 amide bonds. The van der Waals surface area contributed by atoms with Crippen molar-refractivity contribution in [3.63, 3.8) is 0 Å². The molecule has 0 N–H and O–H groups in total. The average Bonchev–Trinajstić information content (AvgIpc) is 2.69. The highest BCUT2D eigenvalue weighted by molar-refractivity contribution is 7.99. The second-order valence-corrected chi connectivity index (χ2v) is 11.2. The Morgan fingerprint density at radius 3 is 2.16 bits per heavy atom. The van der Waals surface area contributed by atoms with E-state index in [4.69, 9.17) is 23.2 Å². The fourth-order valence-electron chi connectivity index (χ4n) is 3.13. The Hall–Kier alpha value is -1.86. The van der Waals surface area contributed by atoms with Gasteiger partial charge >= 0.3 is 0 Å². The summed E-state index contributed by atoms with van der Waals surface area (Å²) in [4.78, 5) is 18.2. The van der Waals surface area contributed by atoms with Crippen molar-refractivity contribution >= 4 is 50.6 Å². The summed E-state index contributed by atoms with van der Waals surface area (Å²) in [5.74, 6) is 0.986. The van der Waals surface area contributed by atoms with Crippen LogP contribution in [0.4, 0.5) is 0 Å². The molecule has 3 rings (SSSR count). The summed E-state index contributed by atoms with van der Waals surface area (Å²) in [6.45, 7) is 2.08. The molecule has 0 saturated heterocycles. The molecular weight excluding hydrogens is 473 g/mol. The maximum absolute atomic E-state index is 12.5. The van der Waals surface area contributed by atoms with Crippen LogP contribution in [-0.4, -0.2) is 31.2 Å². The van der Waals surface area contributed by atoms with E-state index in [1.165, 1.54) is 12.1 Å². The van der Waals surface area contributed by atoms with Crippen LogP contribution in [0.1, 0.15) is 18.2 Å². The molecule has 0 saturated carbocycles. The van der Waals surface area contributed by atoms with E-state index in [0.717, 1.165) is 28.2 Å². The van der Waals surface area contributed by atoms with E-state index in [9.17, 15) is 13.2 Å². The van der Waals surface area contributed by atoms with Gasteiger partial charge in [-0.3, -0.25) is 9.78 Å². The van der Waals surface area contributed by atoms with Crippen LogP contribution in [0.25, 0.3) is 11.1 Å². The van der Waals surface area contributed by atoms with Gasteiger partial charge < -0.3 is 0 Å². The molecule has 0 bridgehead atoms. The number of Topliss-reactive ketones (excluding diaryl/α,β-unsaturated/α-hetero) is 1. The molecule has 0 aliphatic heterocycles. The first-order valence-electron chi connectivity index (χ1n) is 9.55. The van der Waals surface area contributed by atoms with E-state index in [1.54, 1.807) is 42.2 Å². The zero-order valence-corrected chi connectivity index (χ0v) is 20.2. The third-order valence-corrected chi connectivity index (χ3v) is 7.15. The van der Waals surface area contributed by atoms with Crippen LogP contribution in [0.5, 0.6) is 0 Å². The summed E-state index contributed by atoms with van der Waals surface area (Å²) in [5.41, 5.74) is 2.75. The molecule has 4 nitrogen and oxygen atoms in total. The largest absolute Gasteiger partial charge is 0.299 e. The van der Waals surface area contributed by atoms with Gasteiger partial charge in [0.05, 0.1) is 14.9 Å². The number of pyridine rings is 1. The number of carbonyl (C=O) groups is 1. The highest BCUT2D eigenvalue weighted by Crippen LogP contribution is 2.36. The smallest absolute Gasteiger partial charge is 0.175 e. The molecule has 0 aliphatic rings. The summed E-state index contributed by atoms with van der Waals surface area (Å²) < 4.78 is 23.3. The van der Waals surface area contributed by atoms with Gasteiger partial charge in [-0.05, 0) is 53.3 Å². The molecule has 31 heavy (non-hydrogen) atoms. The highest BCUT2D eigenvalue weighted by Gasteiger charge is 2.15. The van der Waals surface area contributed by atoms with Crippen LogP contribution in [0.2, 0.25) is 10.0 Å². The number of hydrogen-bond acceptors (Lipinski definition) is 5. The van der Waals surface area contributed by atoms with E-state index >= 15 is 0 Å². The summed E-state index contributed by atoms with van der Waals surface area (Å²) >= 11 is 14.6. The van der Waals surface area contributed by atoms with Gasteiger partial charge in [-0.2, -0.15) is 0 Å². The van der Waals surface area contributed by atoms with Crippen molar-refractivity contribution in [1.82, 2.24) is 4.98 Å². The van der Waals surface area contributed by atoms with Gasteiger partial charge in [0.2, 0.25) is 0 Å². The molecule has 0 aliphatic carbocycles. The number of ketones is 1. The molecule has 8 heteroatoms. The predicted molar refractivity (Wildman–Crippen MR) is 128 cm³/mol. The van der Waals surface area contributed by atoms with Gasteiger partial charge in [-0.25, -0.2) is 8.42 Å². The van der Waals surface area contributed by atoms with Crippen molar-refractivity contribution in [1.29, 1.82) is 0 Å². The summed E-state index contributed by atoms with van der Waals surface area (Å²) in [6, 6.07) is 13.7. The standard InChI is InChI=1S/C23H21Cl2NO3S2/c1-3-30-19-7-6-17(26-14-19)13-18(27)10-15-11-21(24)23(22(25)12-15)16-4-8-20(9-5-16)31(2,28)29/h4-9,11-12,14H,3,10,13H2,1-2H3. The minimum Gasteiger partial charge on any atom is -0.299 e. The molecule has 1 aromatic heterocycles. The van der Waals surface area contributed by atoms with Crippen molar-refractivity contribution in [3.05, 3.63) is 76.0 Å². The lowest BCUT2D eigenvalue weighted by Gasteiger charge is -2.11. The van der Waals surface area contributed by atoms with E-state index in [0.29, 0.717) is 21.2 Å². The number of halogens is 2. The molecule has 0 unspecified atom stereocenters. The molecule has 162 valence electrons. The number of rotatable bonds is 8. The van der Waals surface area contributed by atoms with Gasteiger partial charge in [0.15, 0.2) is 9.84 Å². The average molecular weight is 494 g/mol. The molecule has 0 spiro atoms. The first kappa shape index (κ1) is 23.8. The first-order chi connectivity index (χ1) is 14.7. The topological polar surface area (TPSA) is 64.1 Å². The number of aromatic nitrogens is 1. The van der Waals surface area contributed by atoms with Crippen LogP contribution in [-0.2, 0) is 27.5 Å². The van der Waals surface area contributed by atoms with Gasteiger partial charge in [0.1, 0.15) is 5.78 Å². The van der Waals surface area contributed by atoms with E-state index < -0.39 is 9.84 Å². The van der Waals surface area contributed by atoms with Crippen LogP contribution in [0.15, 0.2) is 64.5 Å². The van der Waals surface area contributed by atoms with Gasteiger partial charge in [-0.1, -0.05) is 42.3 Å². The van der Waals surface area contributed by atoms with Gasteiger partial charge in [0.25, 0.3) is 0 Å². The van der Waals surface area contributed by atoms with Crippen LogP contribution in [0.3, 0.4) is 0 Å². The van der Waals surface area contributed by atoms with Crippen molar-refractivity contribution in [2.75, 3.05) is 12.0 Å². The third-order valence-electron chi connectivity index (χ3n) is 4.56. The normalized spacial score (nSPS) is 11.5. The molecule has 1 heterocycles. The van der Waals surface area contributed by atoms with Crippen molar-refractivity contribution in [3.8, 4) is 11.1 Å². The summed E-state index contributed by atoms with van der Waals surface area (Å²) in [5, 5.41) is 0.808. The molecule has 3 aromatic rings. The maximum Gasteiger partial charge on any atom is 0.175 e. The van der Waals surface area contributed by atoms with E-state index in [2.05, 4.69) is 11.9 Å². The Morgan fingerprint density at radius 1 is 1.00 bits per heavy atom. The maximum atomic E-state index is 12.5. The van der Waals surface area contributed by atoms with Gasteiger partial charge in [0, 0.05) is 41.4 Å². The minimum absolute atomic E-state index is 0.0146. The summed E-state index contributed by atoms with van der Waals surface area (Å²) in [6.07, 6.45) is 3.37. The number of carbonyl (C=O) groups excluding carboxylic acids is 1. The van der Waals surface area contributed by atoms with Crippen molar-refractivity contribution in [2.45, 2.75) is 29.6 Å². The lowest BCUT2D eigenvalue weighted by Crippen LogP contribution is -2.08. The number of nitrogens with zero attached hydrogens (tertiary/aromatic N) is 1. The summed E-state index contributed by atoms with van der Waals surface area (Å²) in [7, 11) is -3.28. The lowest BCUT2D eigenvalue weighted by molar-refractivity contribution is -0.117. The number of benzene rings is 2. The quantitative estimate of drug-likeness (QED) is 0.364. The predicted octanol–water partition coefficient (Wildman–Crippen LogP) is 5.93. The molecular formula is C23H21Cl2NO3S2. The first-order valence-corrected chi connectivity index (χ1v) is 13.2. The monoisotopic (exact) mass is 493 g/mol. The Bertz CT molecular complexity index is 1170. The molecule has 0 atom stereocenters. The zero-order valence-electron chi connectivity index (χ0n) is 17.1. The van der Waals surface area contributed by atoms with Crippen LogP contribution >= 0.6 is 35.0 Å². The fourth-order valence-corrected chi connectivity index (χ4v) is 5.14. The number of thioether (sulfide) groups is 1. The van der Waals surface area contributed by atoms with Crippen LogP contribution < -0.4 is 0 Å². The second kappa shape index (κ2) is 10.2. The lowest BCUT2D eigenvalue weighted by atomic mass is 10.0. The Labute approximate surface area is 196 Å². The third kappa shape index (κ3) is 6.32. The van der Waals surface area contributed by atoms with Crippen molar-refractivity contribution < 1.29 is 13.2 Å². The Balaban J connectivity index is 1.74. The Kier molecular flexibility index (Phi) is 7.81. The van der Waals surface area contributed by atoms with Crippen molar-refractivity contribution in [2.24, 2.45) is 0 Å². The molecule has 0 radical (unpaired) electrons. The molecule has 0 fully saturated rings. The fraction of sp³-hybridized carbons (Fsp3) is 0.217. The van der Waals surface area contributed by atoms with E-state index in [-0.39, 0.29) is 23.5 Å². The zero-order chi connectivity index (χ0) is 22.6. The van der Waals surface area contributed by atoms with Crippen LogP contribution in [0, 0.1) is 0 Å². The minimum atomic E-state index is -3.28. The number of sulfone groups is 1. The van der Waals surface area contributed by atoms with Gasteiger partial charge in [-0.15, -0.1) is 11.8 Å². The second-order valence-electron chi connectivity index (χ2n) is 7.04. The number of hydrogen-bond donors (Lipinski definition) is 0. The molecule has 2 aromatic carbocycles.